The van der Waals surface area contributed by atoms with Crippen molar-refractivity contribution in [3.8, 4) is 11.3 Å². The minimum atomic E-state index is -0.679. The molecule has 1 aliphatic rings. The summed E-state index contributed by atoms with van der Waals surface area (Å²) in [4.78, 5) is 20.5. The van der Waals surface area contributed by atoms with E-state index in [-0.39, 0.29) is 35.2 Å². The van der Waals surface area contributed by atoms with Gasteiger partial charge in [0.25, 0.3) is 0 Å². The van der Waals surface area contributed by atoms with Crippen molar-refractivity contribution in [3.05, 3.63) is 71.7 Å². The number of nitrogens with zero attached hydrogens (tertiary/aromatic N) is 4. The third kappa shape index (κ3) is 4.89. The highest BCUT2D eigenvalue weighted by Gasteiger charge is 2.36. The molecule has 3 aromatic heterocycles. The van der Waals surface area contributed by atoms with E-state index in [0.29, 0.717) is 23.4 Å². The number of halogens is 2. The number of carbonyl (C=O) groups is 1. The van der Waals surface area contributed by atoms with Crippen molar-refractivity contribution in [3.63, 3.8) is 0 Å². The Morgan fingerprint density at radius 2 is 1.92 bits per heavy atom. The Balaban J connectivity index is 1.44. The van der Waals surface area contributed by atoms with E-state index in [4.69, 9.17) is 10.5 Å². The van der Waals surface area contributed by atoms with Crippen molar-refractivity contribution in [2.75, 3.05) is 12.4 Å². The molecule has 4 aromatic rings. The average Bonchev–Trinajstić information content (AvgIpc) is 3.27. The van der Waals surface area contributed by atoms with Gasteiger partial charge in [-0.05, 0) is 73.1 Å². The molecule has 1 amide bonds. The van der Waals surface area contributed by atoms with Gasteiger partial charge in [0.2, 0.25) is 5.95 Å². The van der Waals surface area contributed by atoms with Crippen molar-refractivity contribution >= 4 is 23.2 Å². The maximum absolute atomic E-state index is 14.6. The lowest BCUT2D eigenvalue weighted by Gasteiger charge is -2.39. The summed E-state index contributed by atoms with van der Waals surface area (Å²) in [5.74, 6) is -0.767. The number of aromatic nitrogens is 4. The number of ether oxygens (including phenoxy) is 1. The first-order valence-electron chi connectivity index (χ1n) is 12.4. The van der Waals surface area contributed by atoms with Crippen molar-refractivity contribution in [2.24, 2.45) is 11.7 Å². The zero-order valence-electron chi connectivity index (χ0n) is 21.3. The molecule has 0 spiro atoms. The Morgan fingerprint density at radius 1 is 1.16 bits per heavy atom. The van der Waals surface area contributed by atoms with E-state index < -0.39 is 17.7 Å². The van der Waals surface area contributed by atoms with Gasteiger partial charge in [-0.25, -0.2) is 18.6 Å². The highest BCUT2D eigenvalue weighted by atomic mass is 19.1. The summed E-state index contributed by atoms with van der Waals surface area (Å²) in [5, 5.41) is 10.6. The van der Waals surface area contributed by atoms with Crippen LogP contribution in [0.1, 0.15) is 36.8 Å². The number of amides is 1. The van der Waals surface area contributed by atoms with Crippen LogP contribution in [-0.2, 0) is 4.74 Å². The summed E-state index contributed by atoms with van der Waals surface area (Å²) < 4.78 is 35.5. The number of benzene rings is 1. The molecule has 1 aromatic carbocycles. The van der Waals surface area contributed by atoms with Crippen LogP contribution in [0.3, 0.4) is 0 Å². The summed E-state index contributed by atoms with van der Waals surface area (Å²) in [6.07, 6.45) is 5.99. The number of imidazole rings is 1. The number of hydrogen-bond acceptors (Lipinski definition) is 7. The molecule has 38 heavy (non-hydrogen) atoms. The second kappa shape index (κ2) is 10.3. The average molecular weight is 522 g/mol. The van der Waals surface area contributed by atoms with Gasteiger partial charge < -0.3 is 21.1 Å². The first kappa shape index (κ1) is 25.5. The second-order valence-electron chi connectivity index (χ2n) is 9.80. The number of hydrogen-bond donors (Lipinski definition) is 3. The van der Waals surface area contributed by atoms with Gasteiger partial charge in [0.1, 0.15) is 11.6 Å². The van der Waals surface area contributed by atoms with Crippen LogP contribution < -0.4 is 16.4 Å². The van der Waals surface area contributed by atoms with E-state index in [2.05, 4.69) is 32.6 Å². The van der Waals surface area contributed by atoms with Gasteiger partial charge in [0.05, 0.1) is 42.0 Å². The molecule has 1 fully saturated rings. The Labute approximate surface area is 218 Å². The standard InChI is InChI=1S/C27H29F2N7O2/c1-14-8-19(28)24(20(29)9-14)22-5-4-17-12-32-26(36(17)35-22)33-23-13-31-7-6-18(23)16-10-15(2)25(21(30)11-16)34-27(37)38-3/h4-9,12-13,15-16,21,25H,10-11,30H2,1-3H3,(H,32,33)(H,34,37)/t15-,16+,21+,25-/m0/s1. The van der Waals surface area contributed by atoms with Gasteiger partial charge in [-0.15, -0.1) is 0 Å². The molecule has 3 heterocycles. The molecule has 0 radical (unpaired) electrons. The molecule has 11 heteroatoms. The fourth-order valence-electron chi connectivity index (χ4n) is 5.32. The number of anilines is 2. The second-order valence-corrected chi connectivity index (χ2v) is 9.80. The van der Waals surface area contributed by atoms with Crippen LogP contribution in [0.15, 0.2) is 48.9 Å². The minimum Gasteiger partial charge on any atom is -0.453 e. The van der Waals surface area contributed by atoms with Gasteiger partial charge in [-0.2, -0.15) is 9.61 Å². The molecule has 0 bridgehead atoms. The van der Waals surface area contributed by atoms with E-state index in [9.17, 15) is 13.6 Å². The maximum atomic E-state index is 14.6. The highest BCUT2D eigenvalue weighted by molar-refractivity contribution is 5.68. The van der Waals surface area contributed by atoms with Gasteiger partial charge in [-0.1, -0.05) is 6.92 Å². The molecular weight excluding hydrogens is 492 g/mol. The third-order valence-corrected chi connectivity index (χ3v) is 7.12. The number of fused-ring (bicyclic) bond motifs is 1. The first-order valence-corrected chi connectivity index (χ1v) is 12.4. The summed E-state index contributed by atoms with van der Waals surface area (Å²) in [6, 6.07) is 7.31. The fraction of sp³-hybridized carbons (Fsp3) is 0.333. The van der Waals surface area contributed by atoms with Gasteiger partial charge in [0.15, 0.2) is 0 Å². The Morgan fingerprint density at radius 3 is 2.63 bits per heavy atom. The molecular formula is C27H29F2N7O2. The molecule has 1 aliphatic carbocycles. The van der Waals surface area contributed by atoms with Crippen LogP contribution in [0.2, 0.25) is 0 Å². The Bertz CT molecular complexity index is 1460. The smallest absolute Gasteiger partial charge is 0.407 e. The highest BCUT2D eigenvalue weighted by Crippen LogP contribution is 2.39. The molecule has 1 saturated carbocycles. The zero-order valence-corrected chi connectivity index (χ0v) is 21.3. The number of pyridine rings is 1. The topological polar surface area (TPSA) is 119 Å². The molecule has 4 N–H and O–H groups in total. The van der Waals surface area contributed by atoms with Crippen LogP contribution in [0.5, 0.6) is 0 Å². The molecule has 9 nitrogen and oxygen atoms in total. The largest absolute Gasteiger partial charge is 0.453 e. The van der Waals surface area contributed by atoms with Crippen molar-refractivity contribution in [2.45, 2.75) is 44.7 Å². The molecule has 0 unspecified atom stereocenters. The van der Waals surface area contributed by atoms with E-state index in [1.54, 1.807) is 37.6 Å². The van der Waals surface area contributed by atoms with E-state index in [1.165, 1.54) is 23.8 Å². The van der Waals surface area contributed by atoms with Crippen LogP contribution in [0, 0.1) is 24.5 Å². The number of aryl methyl sites for hydroxylation is 1. The van der Waals surface area contributed by atoms with Crippen molar-refractivity contribution in [1.29, 1.82) is 0 Å². The predicted octanol–water partition coefficient (Wildman–Crippen LogP) is 4.69. The summed E-state index contributed by atoms with van der Waals surface area (Å²) in [7, 11) is 1.33. The van der Waals surface area contributed by atoms with E-state index in [1.807, 2.05) is 6.07 Å². The van der Waals surface area contributed by atoms with Gasteiger partial charge in [-0.3, -0.25) is 4.98 Å². The third-order valence-electron chi connectivity index (χ3n) is 7.12. The lowest BCUT2D eigenvalue weighted by molar-refractivity contribution is 0.149. The van der Waals surface area contributed by atoms with Gasteiger partial charge in [0, 0.05) is 18.3 Å². The number of rotatable bonds is 5. The van der Waals surface area contributed by atoms with Crippen LogP contribution in [-0.4, -0.2) is 44.9 Å². The number of methoxy groups -OCH3 is 1. The predicted molar refractivity (Wildman–Crippen MR) is 139 cm³/mol. The van der Waals surface area contributed by atoms with E-state index >= 15 is 0 Å². The molecule has 198 valence electrons. The number of alkyl carbamates (subject to hydrolysis) is 1. The Hall–Kier alpha value is -4.12. The van der Waals surface area contributed by atoms with E-state index in [0.717, 1.165) is 17.7 Å². The van der Waals surface area contributed by atoms with Crippen LogP contribution in [0.25, 0.3) is 16.8 Å². The number of nitrogens with two attached hydrogens (primary N) is 1. The molecule has 0 aliphatic heterocycles. The molecule has 0 saturated heterocycles. The number of carbonyl (C=O) groups excluding carboxylic acids is 1. The SMILES string of the molecule is COC(=O)N[C@@H]1[C@H](N)C[C@H](c2ccncc2Nc2ncc3ccc(-c4c(F)cc(C)cc4F)nn23)C[C@@H]1C. The van der Waals surface area contributed by atoms with Crippen molar-refractivity contribution < 1.29 is 18.3 Å². The lowest BCUT2D eigenvalue weighted by Crippen LogP contribution is -2.54. The summed E-state index contributed by atoms with van der Waals surface area (Å²) in [5.41, 5.74) is 9.30. The summed E-state index contributed by atoms with van der Waals surface area (Å²) >= 11 is 0. The summed E-state index contributed by atoms with van der Waals surface area (Å²) in [6.45, 7) is 3.68. The first-order chi connectivity index (χ1) is 18.2. The fourth-order valence-corrected chi connectivity index (χ4v) is 5.32. The van der Waals surface area contributed by atoms with Gasteiger partial charge >= 0.3 is 6.09 Å². The molecule has 5 rings (SSSR count). The van der Waals surface area contributed by atoms with Crippen LogP contribution in [0.4, 0.5) is 25.2 Å². The normalized spacial score (nSPS) is 21.3. The maximum Gasteiger partial charge on any atom is 0.407 e. The monoisotopic (exact) mass is 521 g/mol. The van der Waals surface area contributed by atoms with Crippen molar-refractivity contribution in [1.82, 2.24) is 24.9 Å². The minimum absolute atomic E-state index is 0.103. The Kier molecular flexibility index (Phi) is 6.94. The zero-order chi connectivity index (χ0) is 27.0. The number of nitrogens with one attached hydrogen (secondary N) is 2. The molecule has 4 atom stereocenters. The quantitative estimate of drug-likeness (QED) is 0.349. The van der Waals surface area contributed by atoms with Crippen LogP contribution >= 0.6 is 0 Å². The lowest BCUT2D eigenvalue weighted by atomic mass is 9.73.